The van der Waals surface area contributed by atoms with Crippen LogP contribution < -0.4 is 0 Å². The van der Waals surface area contributed by atoms with Crippen molar-refractivity contribution in [3.8, 4) is 51.4 Å². The van der Waals surface area contributed by atoms with Crippen LogP contribution in [0.25, 0.3) is 289 Å². The van der Waals surface area contributed by atoms with E-state index >= 15 is 0 Å². The average Bonchev–Trinajstić information content (AvgIpc) is 1.52. The predicted molar refractivity (Wildman–Crippen MR) is 612 cm³/mol. The highest BCUT2D eigenvalue weighted by atomic mass is 32.1. The molecule has 0 saturated heterocycles. The number of fused-ring (bicyclic) bond motifs is 18. The first-order valence-electron chi connectivity index (χ1n) is 50.5. The Kier molecular flexibility index (Phi) is 16.5. The van der Waals surface area contributed by atoms with Crippen LogP contribution in [0.2, 0.25) is 0 Å². The molecule has 0 fully saturated rings. The number of hydrogen-bond acceptors (Lipinski definition) is 8. The van der Waals surface area contributed by atoms with E-state index in [0.29, 0.717) is 5.95 Å². The van der Waals surface area contributed by atoms with Crippen LogP contribution in [0, 0.1) is 0 Å². The van der Waals surface area contributed by atoms with Gasteiger partial charge in [0, 0.05) is 102 Å². The lowest BCUT2D eigenvalue weighted by molar-refractivity contribution is 0.663. The van der Waals surface area contributed by atoms with Gasteiger partial charge in [0.2, 0.25) is 5.95 Å². The maximum atomic E-state index is 6.63. The van der Waals surface area contributed by atoms with E-state index in [2.05, 4.69) is 431 Å². The summed E-state index contributed by atoms with van der Waals surface area (Å²) in [5, 5.41) is 36.8. The molecule has 0 bridgehead atoms. The summed E-state index contributed by atoms with van der Waals surface area (Å²) in [4.78, 5) is 32.5. The number of furan rings is 1. The molecule has 8 heterocycles. The van der Waals surface area contributed by atoms with Gasteiger partial charge in [-0.05, 0) is 215 Å². The number of para-hydroxylation sites is 7. The van der Waals surface area contributed by atoms with E-state index in [1.165, 1.54) is 183 Å². The van der Waals surface area contributed by atoms with E-state index in [-0.39, 0.29) is 16.2 Å². The van der Waals surface area contributed by atoms with E-state index in [0.717, 1.165) is 133 Å². The minimum Gasteiger partial charge on any atom is -0.455 e. The zero-order valence-electron chi connectivity index (χ0n) is 80.5. The molecule has 31 aromatic rings. The second kappa shape index (κ2) is 29.5. The fourth-order valence-corrected chi connectivity index (χ4v) is 27.9. The average molecular weight is 1880 g/mol. The molecule has 0 atom stereocenters. The SMILES string of the molecule is CC1(C)c2cccc3c4ccccc4c4cccc5c4c4c(c1ccc4n5-c1nc(-c4ccccc4)c4ccccc4n1)c23.CC1(C)c2cccc3c4ccccc4c4cccc5c4c4c(c1ccc4n5-c1nc4ccccc4nc1-c1cccc4c1oc1ccccc14)c23.CC1(C)c2cccc3c4ccccc4c4cccc5c4c4c(c1ccc4n5-c1nc4ccccc4nc1-c1cccc4c1sc1ccccc14)c23. The van der Waals surface area contributed by atoms with Crippen molar-refractivity contribution in [1.29, 1.82) is 0 Å². The topological polar surface area (TPSA) is 105 Å². The maximum Gasteiger partial charge on any atom is 0.235 e. The molecule has 0 unspecified atom stereocenters. The van der Waals surface area contributed by atoms with Gasteiger partial charge in [0.15, 0.2) is 11.6 Å². The Morgan fingerprint density at radius 1 is 0.205 bits per heavy atom. The Balaban J connectivity index is 0.0000000979. The maximum absolute atomic E-state index is 6.63. The van der Waals surface area contributed by atoms with E-state index in [1.54, 1.807) is 0 Å². The van der Waals surface area contributed by atoms with Gasteiger partial charge in [-0.3, -0.25) is 13.7 Å². The fourth-order valence-electron chi connectivity index (χ4n) is 26.6. The number of aromatic nitrogens is 9. The molecule has 3 aliphatic carbocycles. The van der Waals surface area contributed by atoms with Crippen molar-refractivity contribution in [3.63, 3.8) is 0 Å². The third kappa shape index (κ3) is 10.9. The summed E-state index contributed by atoms with van der Waals surface area (Å²) in [5.41, 5.74) is 26.5. The Labute approximate surface area is 839 Å². The van der Waals surface area contributed by atoms with Gasteiger partial charge in [-0.2, -0.15) is 0 Å². The summed E-state index contributed by atoms with van der Waals surface area (Å²) in [6, 6.07) is 147. The van der Waals surface area contributed by atoms with Crippen LogP contribution in [0.15, 0.2) is 411 Å². The van der Waals surface area contributed by atoms with Gasteiger partial charge in [-0.25, -0.2) is 29.9 Å². The van der Waals surface area contributed by atoms with Crippen molar-refractivity contribution in [2.24, 2.45) is 0 Å². The van der Waals surface area contributed by atoms with Crippen molar-refractivity contribution in [1.82, 2.24) is 43.6 Å². The van der Waals surface area contributed by atoms with E-state index in [4.69, 9.17) is 34.3 Å². The summed E-state index contributed by atoms with van der Waals surface area (Å²) in [5.74, 6) is 2.34. The molecule has 3 aliphatic rings. The van der Waals surface area contributed by atoms with Crippen LogP contribution >= 0.6 is 11.3 Å². The molecular weight excluding hydrogens is 1800 g/mol. The van der Waals surface area contributed by atoms with Gasteiger partial charge >= 0.3 is 0 Å². The van der Waals surface area contributed by atoms with Gasteiger partial charge in [0.25, 0.3) is 0 Å². The molecule has 0 spiro atoms. The largest absolute Gasteiger partial charge is 0.455 e. The molecule has 682 valence electrons. The third-order valence-electron chi connectivity index (χ3n) is 33.1. The monoisotopic (exact) mass is 1880 g/mol. The highest BCUT2D eigenvalue weighted by molar-refractivity contribution is 7.26. The zero-order valence-corrected chi connectivity index (χ0v) is 81.3. The Bertz CT molecular complexity index is 10900. The summed E-state index contributed by atoms with van der Waals surface area (Å²) in [6.07, 6.45) is 0. The molecule has 0 saturated carbocycles. The molecule has 11 heteroatoms. The zero-order chi connectivity index (χ0) is 96.3. The van der Waals surface area contributed by atoms with Crippen LogP contribution in [0.4, 0.5) is 0 Å². The number of hydrogen-bond donors (Lipinski definition) is 0. The normalized spacial score (nSPS) is 13.8. The Morgan fingerprint density at radius 2 is 0.534 bits per heavy atom. The number of thiophene rings is 1. The number of nitrogens with zero attached hydrogens (tertiary/aromatic N) is 9. The van der Waals surface area contributed by atoms with E-state index in [9.17, 15) is 0 Å². The van der Waals surface area contributed by atoms with Gasteiger partial charge < -0.3 is 4.42 Å². The van der Waals surface area contributed by atoms with Crippen LogP contribution in [-0.2, 0) is 16.2 Å². The fraction of sp³-hybridized carbons (Fsp3) is 0.0667. The van der Waals surface area contributed by atoms with Crippen LogP contribution in [-0.4, -0.2) is 43.6 Å². The third-order valence-corrected chi connectivity index (χ3v) is 34.3. The molecule has 8 aromatic heterocycles. The van der Waals surface area contributed by atoms with Gasteiger partial charge in [0.1, 0.15) is 22.6 Å². The number of benzene rings is 20. The summed E-state index contributed by atoms with van der Waals surface area (Å²) >= 11 is 1.84. The van der Waals surface area contributed by atoms with Crippen molar-refractivity contribution >= 4 is 249 Å². The molecular formula is C135H85N9OS. The van der Waals surface area contributed by atoms with Crippen LogP contribution in [0.1, 0.15) is 74.9 Å². The lowest BCUT2D eigenvalue weighted by Crippen LogP contribution is -2.15. The second-order valence-corrected chi connectivity index (χ2v) is 42.6. The minimum atomic E-state index is -0.150. The molecule has 10 nitrogen and oxygen atoms in total. The van der Waals surface area contributed by atoms with Gasteiger partial charge in [-0.1, -0.05) is 363 Å². The van der Waals surface area contributed by atoms with Crippen LogP contribution in [0.3, 0.4) is 0 Å². The first kappa shape index (κ1) is 81.5. The summed E-state index contributed by atoms with van der Waals surface area (Å²) in [6.45, 7) is 14.3. The van der Waals surface area contributed by atoms with E-state index < -0.39 is 0 Å². The number of rotatable bonds is 6. The van der Waals surface area contributed by atoms with Crippen molar-refractivity contribution in [3.05, 3.63) is 440 Å². The second-order valence-electron chi connectivity index (χ2n) is 41.5. The molecule has 0 N–H and O–H groups in total. The quantitative estimate of drug-likeness (QED) is 0.163. The molecule has 0 amide bonds. The predicted octanol–water partition coefficient (Wildman–Crippen LogP) is 35.7. The first-order chi connectivity index (χ1) is 71.8. The standard InChI is InChI=1S/C47H29N3O.C47H29N3S.C41H27N3/c2*1-47(2)33-19-10-15-29-26-12-3-4-13-27(26)30-16-11-22-37-41(30)43-38(25-24-34(47)42(43)40(29)33)50(37)46-44(48-35-20-6-7-21-36(35)49-46)32-18-9-17-31-28-14-5-8-23-39(28)51-45(31)32;1-41(2)30-19-10-17-27-25-14-6-7-15-26(25)28-18-11-21-33-36(28)38-34(23-22-31(41)37(38)35(27)30)44(33)40-42-32-20-9-8-16-29(32)39(43-40)24-12-4-3-5-13-24/h2*3-25H,1-2H3;3-23H,1-2H3. The van der Waals surface area contributed by atoms with Crippen molar-refractivity contribution < 1.29 is 4.42 Å². The first-order valence-corrected chi connectivity index (χ1v) is 51.3. The Morgan fingerprint density at radius 3 is 1.01 bits per heavy atom. The molecule has 0 aliphatic heterocycles. The summed E-state index contributed by atoms with van der Waals surface area (Å²) < 4.78 is 16.2. The van der Waals surface area contributed by atoms with Gasteiger partial charge in [-0.15, -0.1) is 11.3 Å². The Hall–Kier alpha value is -18.2. The van der Waals surface area contributed by atoms with Crippen molar-refractivity contribution in [2.45, 2.75) is 57.8 Å². The molecule has 34 rings (SSSR count). The minimum absolute atomic E-state index is 0.114. The van der Waals surface area contributed by atoms with Crippen molar-refractivity contribution in [2.75, 3.05) is 0 Å². The molecule has 0 radical (unpaired) electrons. The molecule has 146 heavy (non-hydrogen) atoms. The highest BCUT2D eigenvalue weighted by Gasteiger charge is 2.41. The summed E-state index contributed by atoms with van der Waals surface area (Å²) in [7, 11) is 0. The lowest BCUT2D eigenvalue weighted by atomic mass is 9.81. The highest BCUT2D eigenvalue weighted by Crippen LogP contribution is 2.59. The van der Waals surface area contributed by atoms with Gasteiger partial charge in [0.05, 0.1) is 66.4 Å². The van der Waals surface area contributed by atoms with Crippen LogP contribution in [0.5, 0.6) is 0 Å². The lowest BCUT2D eigenvalue weighted by Gasteiger charge is -2.22. The smallest absolute Gasteiger partial charge is 0.235 e. The molecule has 23 aromatic carbocycles. The van der Waals surface area contributed by atoms with E-state index in [1.807, 2.05) is 41.7 Å².